The minimum absolute atomic E-state index is 0.0607. The van der Waals surface area contributed by atoms with Gasteiger partial charge in [-0.05, 0) is 51.0 Å². The van der Waals surface area contributed by atoms with Gasteiger partial charge in [0.1, 0.15) is 11.8 Å². The molecule has 4 aromatic rings. The molecule has 1 aromatic carbocycles. The third kappa shape index (κ3) is 5.60. The molecular formula is C26H28ClN7O. The van der Waals surface area contributed by atoms with Gasteiger partial charge in [-0.2, -0.15) is 5.26 Å². The van der Waals surface area contributed by atoms with Gasteiger partial charge >= 0.3 is 0 Å². The van der Waals surface area contributed by atoms with Crippen LogP contribution in [0.2, 0.25) is 5.02 Å². The lowest BCUT2D eigenvalue weighted by atomic mass is 10.0. The van der Waals surface area contributed by atoms with Gasteiger partial charge in [-0.25, -0.2) is 15.0 Å². The van der Waals surface area contributed by atoms with Gasteiger partial charge in [-0.3, -0.25) is 4.40 Å². The molecule has 0 saturated carbocycles. The summed E-state index contributed by atoms with van der Waals surface area (Å²) in [7, 11) is 0. The molecule has 1 unspecified atom stereocenters. The lowest BCUT2D eigenvalue weighted by Gasteiger charge is -2.23. The first-order chi connectivity index (χ1) is 16.7. The van der Waals surface area contributed by atoms with Crippen LogP contribution < -0.4 is 10.6 Å². The summed E-state index contributed by atoms with van der Waals surface area (Å²) in [5.74, 6) is 0.391. The third-order valence-corrected chi connectivity index (χ3v) is 5.93. The number of hydrogen-bond acceptors (Lipinski definition) is 7. The van der Waals surface area contributed by atoms with Crippen molar-refractivity contribution in [2.75, 3.05) is 11.9 Å². The Kier molecular flexibility index (Phi) is 7.03. The van der Waals surface area contributed by atoms with Crippen LogP contribution in [0, 0.1) is 11.3 Å². The number of aliphatic hydroxyl groups excluding tert-OH is 1. The van der Waals surface area contributed by atoms with Crippen LogP contribution in [-0.4, -0.2) is 36.5 Å². The molecule has 0 fully saturated rings. The fourth-order valence-electron chi connectivity index (χ4n) is 3.68. The van der Waals surface area contributed by atoms with E-state index in [1.807, 2.05) is 43.5 Å². The van der Waals surface area contributed by atoms with Crippen molar-refractivity contribution in [3.05, 3.63) is 76.7 Å². The van der Waals surface area contributed by atoms with Crippen LogP contribution in [0.15, 0.2) is 55.0 Å². The summed E-state index contributed by atoms with van der Waals surface area (Å²) in [5, 5.41) is 27.2. The molecular weight excluding hydrogens is 462 g/mol. The van der Waals surface area contributed by atoms with Gasteiger partial charge in [-0.1, -0.05) is 35.9 Å². The SMILES string of the molecule is C[C@H](Nc1ncc(C#N)c(-c2cnc3c(Cl)cccn23)n1)c1ccc(C(O)CNC(C)(C)C)cc1. The Hall–Kier alpha value is -3.51. The molecule has 3 heterocycles. The number of benzene rings is 1. The molecule has 0 aliphatic carbocycles. The number of nitriles is 1. The number of imidazole rings is 1. The smallest absolute Gasteiger partial charge is 0.223 e. The summed E-state index contributed by atoms with van der Waals surface area (Å²) in [5.41, 5.74) is 3.86. The van der Waals surface area contributed by atoms with E-state index in [1.54, 1.807) is 16.7 Å². The Morgan fingerprint density at radius 2 is 1.83 bits per heavy atom. The fraction of sp³-hybridized carbons (Fsp3) is 0.308. The van der Waals surface area contributed by atoms with E-state index in [0.29, 0.717) is 40.1 Å². The van der Waals surface area contributed by atoms with Crippen molar-refractivity contribution >= 4 is 23.2 Å². The lowest BCUT2D eigenvalue weighted by Crippen LogP contribution is -2.38. The van der Waals surface area contributed by atoms with E-state index in [4.69, 9.17) is 11.6 Å². The number of aromatic nitrogens is 4. The average molecular weight is 490 g/mol. The number of anilines is 1. The standard InChI is InChI=1S/C26H28ClN7O/c1-16(17-7-9-18(10-8-17)22(35)15-31-26(2,3)4)32-25-30-13-19(12-28)23(33-25)21-14-29-24-20(27)6-5-11-34(21)24/h5-11,13-14,16,22,31,35H,15H2,1-4H3,(H,30,32,33)/t16-,22?/m0/s1. The van der Waals surface area contributed by atoms with Crippen molar-refractivity contribution in [3.8, 4) is 17.5 Å². The number of β-amino-alcohol motifs (C(OH)–C–C–N with tert-alkyl or cyclic N) is 1. The molecule has 0 saturated heterocycles. The maximum absolute atomic E-state index is 10.5. The molecule has 8 nitrogen and oxygen atoms in total. The summed E-state index contributed by atoms with van der Waals surface area (Å²) < 4.78 is 1.80. The fourth-order valence-corrected chi connectivity index (χ4v) is 3.90. The van der Waals surface area contributed by atoms with Crippen molar-refractivity contribution in [2.24, 2.45) is 0 Å². The molecule has 2 atom stereocenters. The number of hydrogen-bond donors (Lipinski definition) is 3. The number of rotatable bonds is 7. The van der Waals surface area contributed by atoms with Crippen LogP contribution in [0.4, 0.5) is 5.95 Å². The van der Waals surface area contributed by atoms with Gasteiger partial charge in [0.05, 0.1) is 40.8 Å². The van der Waals surface area contributed by atoms with Crippen LogP contribution >= 0.6 is 11.6 Å². The van der Waals surface area contributed by atoms with E-state index in [-0.39, 0.29) is 11.6 Å². The summed E-state index contributed by atoms with van der Waals surface area (Å²) in [4.78, 5) is 13.3. The predicted molar refractivity (Wildman–Crippen MR) is 137 cm³/mol. The van der Waals surface area contributed by atoms with Gasteiger partial charge < -0.3 is 15.7 Å². The molecule has 0 radical (unpaired) electrons. The normalized spacial score (nSPS) is 13.4. The molecule has 180 valence electrons. The molecule has 3 N–H and O–H groups in total. The Balaban J connectivity index is 1.54. The zero-order chi connectivity index (χ0) is 25.2. The van der Waals surface area contributed by atoms with E-state index >= 15 is 0 Å². The predicted octanol–water partition coefficient (Wildman–Crippen LogP) is 4.91. The number of nitrogens with one attached hydrogen (secondary N) is 2. The zero-order valence-corrected chi connectivity index (χ0v) is 20.9. The second kappa shape index (κ2) is 10.0. The van der Waals surface area contributed by atoms with Crippen molar-refractivity contribution in [1.29, 1.82) is 5.26 Å². The first-order valence-corrected chi connectivity index (χ1v) is 11.7. The number of halogens is 1. The number of fused-ring (bicyclic) bond motifs is 1. The molecule has 4 rings (SSSR count). The van der Waals surface area contributed by atoms with Gasteiger partial charge in [0, 0.05) is 18.3 Å². The first-order valence-electron chi connectivity index (χ1n) is 11.3. The molecule has 0 aliphatic rings. The minimum Gasteiger partial charge on any atom is -0.387 e. The first kappa shape index (κ1) is 24.6. The average Bonchev–Trinajstić information content (AvgIpc) is 3.27. The van der Waals surface area contributed by atoms with E-state index in [0.717, 1.165) is 11.1 Å². The maximum Gasteiger partial charge on any atom is 0.223 e. The Morgan fingerprint density at radius 3 is 2.51 bits per heavy atom. The topological polar surface area (TPSA) is 111 Å². The van der Waals surface area contributed by atoms with Crippen LogP contribution in [0.3, 0.4) is 0 Å². The highest BCUT2D eigenvalue weighted by atomic mass is 35.5. The van der Waals surface area contributed by atoms with Crippen molar-refractivity contribution in [3.63, 3.8) is 0 Å². The van der Waals surface area contributed by atoms with Crippen LogP contribution in [-0.2, 0) is 0 Å². The summed E-state index contributed by atoms with van der Waals surface area (Å²) >= 11 is 6.25. The highest BCUT2D eigenvalue weighted by Gasteiger charge is 2.17. The molecule has 0 amide bonds. The number of pyridine rings is 1. The van der Waals surface area contributed by atoms with Gasteiger partial charge in [0.25, 0.3) is 0 Å². The molecule has 0 aliphatic heterocycles. The van der Waals surface area contributed by atoms with Crippen molar-refractivity contribution in [2.45, 2.75) is 45.4 Å². The van der Waals surface area contributed by atoms with Crippen LogP contribution in [0.5, 0.6) is 0 Å². The van der Waals surface area contributed by atoms with Crippen LogP contribution in [0.25, 0.3) is 17.0 Å². The monoisotopic (exact) mass is 489 g/mol. The van der Waals surface area contributed by atoms with E-state index < -0.39 is 6.10 Å². The van der Waals surface area contributed by atoms with Gasteiger partial charge in [0.15, 0.2) is 5.65 Å². The van der Waals surface area contributed by atoms with E-state index in [1.165, 1.54) is 6.20 Å². The Morgan fingerprint density at radius 1 is 1.11 bits per heavy atom. The number of aliphatic hydroxyl groups is 1. The minimum atomic E-state index is -0.588. The number of nitrogens with zero attached hydrogens (tertiary/aromatic N) is 5. The molecule has 35 heavy (non-hydrogen) atoms. The summed E-state index contributed by atoms with van der Waals surface area (Å²) in [6.07, 6.45) is 4.39. The van der Waals surface area contributed by atoms with Crippen molar-refractivity contribution in [1.82, 2.24) is 24.7 Å². The van der Waals surface area contributed by atoms with E-state index in [2.05, 4.69) is 52.4 Å². The second-order valence-corrected chi connectivity index (χ2v) is 9.85. The second-order valence-electron chi connectivity index (χ2n) is 9.44. The highest BCUT2D eigenvalue weighted by molar-refractivity contribution is 6.33. The van der Waals surface area contributed by atoms with Crippen LogP contribution in [0.1, 0.15) is 56.5 Å². The molecule has 0 spiro atoms. The molecule has 0 bridgehead atoms. The largest absolute Gasteiger partial charge is 0.387 e. The third-order valence-electron chi connectivity index (χ3n) is 5.63. The Bertz CT molecular complexity index is 1370. The molecule has 3 aromatic heterocycles. The van der Waals surface area contributed by atoms with Gasteiger partial charge in [0.2, 0.25) is 5.95 Å². The van der Waals surface area contributed by atoms with Crippen molar-refractivity contribution < 1.29 is 5.11 Å². The Labute approximate surface area is 209 Å². The summed E-state index contributed by atoms with van der Waals surface area (Å²) in [6, 6.07) is 13.4. The molecule has 9 heteroatoms. The lowest BCUT2D eigenvalue weighted by molar-refractivity contribution is 0.163. The highest BCUT2D eigenvalue weighted by Crippen LogP contribution is 2.27. The van der Waals surface area contributed by atoms with Gasteiger partial charge in [-0.15, -0.1) is 0 Å². The quantitative estimate of drug-likeness (QED) is 0.338. The maximum atomic E-state index is 10.5. The zero-order valence-electron chi connectivity index (χ0n) is 20.1. The van der Waals surface area contributed by atoms with E-state index in [9.17, 15) is 10.4 Å². The summed E-state index contributed by atoms with van der Waals surface area (Å²) in [6.45, 7) is 8.68.